The number of thioether (sulfide) groups is 1. The van der Waals surface area contributed by atoms with Crippen molar-refractivity contribution in [3.63, 3.8) is 0 Å². The van der Waals surface area contributed by atoms with Crippen LogP contribution in [0, 0.1) is 0 Å². The molecule has 3 rings (SSSR count). The standard InChI is InChI=1S/C19H28N2S/c1-20-12-5-3-4-9-16-17-13-15(22-2)10-11-18(17)21-19(16)14-7-6-8-14/h10-11,13-14,20-21H,3-9,12H2,1-2H3. The average Bonchev–Trinajstić information content (AvgIpc) is 2.83. The van der Waals surface area contributed by atoms with E-state index in [1.165, 1.54) is 60.7 Å². The average molecular weight is 317 g/mol. The summed E-state index contributed by atoms with van der Waals surface area (Å²) in [4.78, 5) is 5.13. The van der Waals surface area contributed by atoms with E-state index >= 15 is 0 Å². The number of aromatic nitrogens is 1. The van der Waals surface area contributed by atoms with Crippen LogP contribution in [0.15, 0.2) is 23.1 Å². The van der Waals surface area contributed by atoms with Gasteiger partial charge in [0.05, 0.1) is 0 Å². The largest absolute Gasteiger partial charge is 0.358 e. The molecule has 2 N–H and O–H groups in total. The van der Waals surface area contributed by atoms with Crippen LogP contribution in [0.1, 0.15) is 55.7 Å². The van der Waals surface area contributed by atoms with Gasteiger partial charge < -0.3 is 10.3 Å². The summed E-state index contributed by atoms with van der Waals surface area (Å²) < 4.78 is 0. The van der Waals surface area contributed by atoms with Gasteiger partial charge in [0.25, 0.3) is 0 Å². The zero-order valence-electron chi connectivity index (χ0n) is 13.9. The molecule has 0 unspecified atom stereocenters. The Bertz CT molecular complexity index is 613. The molecule has 22 heavy (non-hydrogen) atoms. The van der Waals surface area contributed by atoms with Crippen molar-refractivity contribution >= 4 is 22.7 Å². The maximum absolute atomic E-state index is 3.75. The van der Waals surface area contributed by atoms with Crippen LogP contribution in [0.25, 0.3) is 10.9 Å². The lowest BCUT2D eigenvalue weighted by Gasteiger charge is -2.26. The first kappa shape index (κ1) is 15.9. The Morgan fingerprint density at radius 1 is 1.23 bits per heavy atom. The molecule has 3 heteroatoms. The van der Waals surface area contributed by atoms with Gasteiger partial charge in [0.1, 0.15) is 0 Å². The highest BCUT2D eigenvalue weighted by atomic mass is 32.2. The van der Waals surface area contributed by atoms with E-state index in [1.54, 1.807) is 11.3 Å². The highest BCUT2D eigenvalue weighted by Crippen LogP contribution is 2.41. The lowest BCUT2D eigenvalue weighted by atomic mass is 9.80. The van der Waals surface area contributed by atoms with Gasteiger partial charge >= 0.3 is 0 Å². The minimum absolute atomic E-state index is 0.789. The number of aryl methyl sites for hydroxylation is 1. The maximum Gasteiger partial charge on any atom is 0.0459 e. The molecule has 0 radical (unpaired) electrons. The number of benzene rings is 1. The summed E-state index contributed by atoms with van der Waals surface area (Å²) in [6.45, 7) is 1.14. The Morgan fingerprint density at radius 2 is 2.09 bits per heavy atom. The number of rotatable bonds is 8. The van der Waals surface area contributed by atoms with E-state index in [0.29, 0.717) is 0 Å². The molecule has 0 amide bonds. The number of unbranched alkanes of at least 4 members (excludes halogenated alkanes) is 2. The monoisotopic (exact) mass is 316 g/mol. The molecule has 1 aliphatic carbocycles. The Hall–Kier alpha value is -0.930. The highest BCUT2D eigenvalue weighted by Gasteiger charge is 2.25. The van der Waals surface area contributed by atoms with Crippen molar-refractivity contribution in [2.24, 2.45) is 0 Å². The lowest BCUT2D eigenvalue weighted by Crippen LogP contribution is -2.11. The first-order chi connectivity index (χ1) is 10.8. The molecule has 2 aromatic rings. The van der Waals surface area contributed by atoms with Crippen LogP contribution in [0.4, 0.5) is 0 Å². The number of H-pyrrole nitrogens is 1. The fourth-order valence-corrected chi connectivity index (χ4v) is 3.91. The SMILES string of the molecule is CNCCCCCc1c(C2CCC2)[nH]c2ccc(SC)cc12. The van der Waals surface area contributed by atoms with Gasteiger partial charge in [0, 0.05) is 21.5 Å². The number of aromatic amines is 1. The van der Waals surface area contributed by atoms with E-state index in [-0.39, 0.29) is 0 Å². The van der Waals surface area contributed by atoms with Gasteiger partial charge in [0.2, 0.25) is 0 Å². The summed E-state index contributed by atoms with van der Waals surface area (Å²) in [6.07, 6.45) is 11.4. The van der Waals surface area contributed by atoms with Crippen LogP contribution >= 0.6 is 11.8 Å². The molecule has 1 aromatic carbocycles. The Labute approximate surface area is 138 Å². The van der Waals surface area contributed by atoms with Crippen LogP contribution in [0.5, 0.6) is 0 Å². The van der Waals surface area contributed by atoms with Gasteiger partial charge in [-0.15, -0.1) is 11.8 Å². The van der Waals surface area contributed by atoms with Crippen LogP contribution in [0.3, 0.4) is 0 Å². The predicted octanol–water partition coefficient (Wildman–Crippen LogP) is 5.09. The molecular formula is C19H28N2S. The van der Waals surface area contributed by atoms with Crippen LogP contribution in [-0.4, -0.2) is 24.8 Å². The molecule has 0 saturated heterocycles. The summed E-state index contributed by atoms with van der Waals surface area (Å²) in [7, 11) is 2.04. The Kier molecular flexibility index (Phi) is 5.48. The van der Waals surface area contributed by atoms with Crippen LogP contribution < -0.4 is 5.32 Å². The van der Waals surface area contributed by atoms with Crippen molar-refractivity contribution in [1.29, 1.82) is 0 Å². The molecule has 1 aliphatic rings. The first-order valence-electron chi connectivity index (χ1n) is 8.66. The van der Waals surface area contributed by atoms with E-state index in [2.05, 4.69) is 34.8 Å². The topological polar surface area (TPSA) is 27.8 Å². The van der Waals surface area contributed by atoms with E-state index in [9.17, 15) is 0 Å². The van der Waals surface area contributed by atoms with Gasteiger partial charge in [0.15, 0.2) is 0 Å². The van der Waals surface area contributed by atoms with Crippen LogP contribution in [-0.2, 0) is 6.42 Å². The van der Waals surface area contributed by atoms with Gasteiger partial charge in [-0.3, -0.25) is 0 Å². The van der Waals surface area contributed by atoms with E-state index in [1.807, 2.05) is 18.8 Å². The zero-order valence-corrected chi connectivity index (χ0v) is 14.7. The predicted molar refractivity (Wildman–Crippen MR) is 98.2 cm³/mol. The second-order valence-corrected chi connectivity index (χ2v) is 7.35. The fraction of sp³-hybridized carbons (Fsp3) is 0.579. The Balaban J connectivity index is 1.82. The molecule has 2 nitrogen and oxygen atoms in total. The fourth-order valence-electron chi connectivity index (χ4n) is 3.47. The molecule has 1 heterocycles. The quantitative estimate of drug-likeness (QED) is 0.524. The molecule has 0 spiro atoms. The molecule has 0 bridgehead atoms. The van der Waals surface area contributed by atoms with Crippen molar-refractivity contribution in [3.05, 3.63) is 29.5 Å². The normalized spacial score (nSPS) is 15.4. The second kappa shape index (κ2) is 7.56. The van der Waals surface area contributed by atoms with Crippen molar-refractivity contribution in [2.45, 2.75) is 55.8 Å². The summed E-state index contributed by atoms with van der Waals surface area (Å²) in [5.41, 5.74) is 4.50. The van der Waals surface area contributed by atoms with Crippen molar-refractivity contribution in [1.82, 2.24) is 10.3 Å². The number of nitrogens with one attached hydrogen (secondary N) is 2. The summed E-state index contributed by atoms with van der Waals surface area (Å²) in [5, 5.41) is 4.72. The summed E-state index contributed by atoms with van der Waals surface area (Å²) >= 11 is 1.84. The number of fused-ring (bicyclic) bond motifs is 1. The van der Waals surface area contributed by atoms with Crippen LogP contribution in [0.2, 0.25) is 0 Å². The molecule has 120 valence electrons. The van der Waals surface area contributed by atoms with E-state index < -0.39 is 0 Å². The maximum atomic E-state index is 3.75. The molecule has 1 saturated carbocycles. The summed E-state index contributed by atoms with van der Waals surface area (Å²) in [5.74, 6) is 0.789. The third-order valence-corrected chi connectivity index (χ3v) is 5.74. The Morgan fingerprint density at radius 3 is 2.77 bits per heavy atom. The lowest BCUT2D eigenvalue weighted by molar-refractivity contribution is 0.410. The van der Waals surface area contributed by atoms with Gasteiger partial charge in [-0.05, 0) is 81.6 Å². The minimum Gasteiger partial charge on any atom is -0.358 e. The van der Waals surface area contributed by atoms with Gasteiger partial charge in [-0.2, -0.15) is 0 Å². The second-order valence-electron chi connectivity index (χ2n) is 6.47. The van der Waals surface area contributed by atoms with Crippen molar-refractivity contribution in [2.75, 3.05) is 19.8 Å². The summed E-state index contributed by atoms with van der Waals surface area (Å²) in [6, 6.07) is 6.90. The third kappa shape index (κ3) is 3.36. The molecule has 0 aliphatic heterocycles. The number of hydrogen-bond donors (Lipinski definition) is 2. The van der Waals surface area contributed by atoms with E-state index in [4.69, 9.17) is 0 Å². The molecule has 0 atom stereocenters. The third-order valence-electron chi connectivity index (χ3n) is 5.01. The minimum atomic E-state index is 0.789. The zero-order chi connectivity index (χ0) is 15.4. The van der Waals surface area contributed by atoms with E-state index in [0.717, 1.165) is 12.5 Å². The van der Waals surface area contributed by atoms with Gasteiger partial charge in [-0.1, -0.05) is 12.8 Å². The molecular weight excluding hydrogens is 288 g/mol. The number of hydrogen-bond acceptors (Lipinski definition) is 2. The first-order valence-corrected chi connectivity index (χ1v) is 9.89. The smallest absolute Gasteiger partial charge is 0.0459 e. The highest BCUT2D eigenvalue weighted by molar-refractivity contribution is 7.98. The van der Waals surface area contributed by atoms with Crippen molar-refractivity contribution in [3.8, 4) is 0 Å². The van der Waals surface area contributed by atoms with Gasteiger partial charge in [-0.25, -0.2) is 0 Å². The molecule has 1 aromatic heterocycles. The van der Waals surface area contributed by atoms with Crippen molar-refractivity contribution < 1.29 is 0 Å². The molecule has 1 fully saturated rings.